The predicted octanol–water partition coefficient (Wildman–Crippen LogP) is 4.98. The molecule has 7 heteroatoms. The Morgan fingerprint density at radius 2 is 1.71 bits per heavy atom. The number of carbonyl (C=O) groups is 1. The predicted molar refractivity (Wildman–Crippen MR) is 135 cm³/mol. The van der Waals surface area contributed by atoms with Crippen molar-refractivity contribution >= 4 is 34.2 Å². The van der Waals surface area contributed by atoms with Crippen LogP contribution in [0, 0.1) is 0 Å². The second-order valence-corrected chi connectivity index (χ2v) is 8.76. The fourth-order valence-corrected chi connectivity index (χ4v) is 4.63. The third-order valence-electron chi connectivity index (χ3n) is 6.08. The summed E-state index contributed by atoms with van der Waals surface area (Å²) < 4.78 is 5.43. The molecule has 172 valence electrons. The molecule has 2 heterocycles. The third-order valence-corrected chi connectivity index (χ3v) is 6.39. The lowest BCUT2D eigenvalue weighted by Gasteiger charge is -2.29. The van der Waals surface area contributed by atoms with Crippen molar-refractivity contribution in [2.75, 3.05) is 31.2 Å². The largest absolute Gasteiger partial charge is 0.481 e. The van der Waals surface area contributed by atoms with Crippen molar-refractivity contribution in [1.29, 1.82) is 0 Å². The molecule has 1 fully saturated rings. The van der Waals surface area contributed by atoms with Crippen molar-refractivity contribution in [2.45, 2.75) is 6.42 Å². The number of hydrogen-bond acceptors (Lipinski definition) is 4. The van der Waals surface area contributed by atoms with Gasteiger partial charge in [-0.05, 0) is 52.4 Å². The average molecular weight is 475 g/mol. The second-order valence-electron chi connectivity index (χ2n) is 8.35. The smallest absolute Gasteiger partial charge is 0.307 e. The summed E-state index contributed by atoms with van der Waals surface area (Å²) in [5.74, 6) is -0.913. The highest BCUT2D eigenvalue weighted by Crippen LogP contribution is 2.33. The molecule has 1 aliphatic rings. The van der Waals surface area contributed by atoms with Gasteiger partial charge in [-0.3, -0.25) is 9.59 Å². The van der Waals surface area contributed by atoms with Gasteiger partial charge in [0.2, 0.25) is 0 Å². The van der Waals surface area contributed by atoms with Gasteiger partial charge in [0.1, 0.15) is 0 Å². The van der Waals surface area contributed by atoms with Crippen molar-refractivity contribution < 1.29 is 14.6 Å². The SMILES string of the molecule is O=C(O)Cc1cccc(-c2cc3cc(-c4ccc(N5CCOCC5)cc4)c(Cl)cc3[nH]c2=O)c1. The lowest BCUT2D eigenvalue weighted by atomic mass is 9.99. The van der Waals surface area contributed by atoms with Gasteiger partial charge >= 0.3 is 5.97 Å². The maximum absolute atomic E-state index is 12.8. The molecule has 2 N–H and O–H groups in total. The van der Waals surface area contributed by atoms with Gasteiger partial charge in [-0.25, -0.2) is 0 Å². The average Bonchev–Trinajstić information content (AvgIpc) is 2.84. The van der Waals surface area contributed by atoms with Gasteiger partial charge < -0.3 is 19.7 Å². The zero-order valence-corrected chi connectivity index (χ0v) is 19.1. The summed E-state index contributed by atoms with van der Waals surface area (Å²) in [4.78, 5) is 29.1. The molecular weight excluding hydrogens is 452 g/mol. The van der Waals surface area contributed by atoms with Crippen molar-refractivity contribution in [3.05, 3.63) is 87.7 Å². The molecule has 1 saturated heterocycles. The Balaban J connectivity index is 1.52. The lowest BCUT2D eigenvalue weighted by Crippen LogP contribution is -2.36. The molecule has 34 heavy (non-hydrogen) atoms. The summed E-state index contributed by atoms with van der Waals surface area (Å²) in [6.07, 6.45) is -0.0977. The van der Waals surface area contributed by atoms with Crippen LogP contribution in [0.3, 0.4) is 0 Å². The number of rotatable bonds is 5. The third kappa shape index (κ3) is 4.55. The van der Waals surface area contributed by atoms with E-state index in [1.807, 2.05) is 18.2 Å². The summed E-state index contributed by atoms with van der Waals surface area (Å²) in [6.45, 7) is 3.22. The van der Waals surface area contributed by atoms with Crippen molar-refractivity contribution in [1.82, 2.24) is 4.98 Å². The number of fused-ring (bicyclic) bond motifs is 1. The van der Waals surface area contributed by atoms with Crippen LogP contribution < -0.4 is 10.5 Å². The van der Waals surface area contributed by atoms with E-state index in [1.165, 1.54) is 0 Å². The number of aliphatic carboxylic acids is 1. The number of pyridine rings is 1. The Bertz CT molecular complexity index is 1420. The molecule has 0 radical (unpaired) electrons. The molecule has 6 nitrogen and oxygen atoms in total. The number of carboxylic acid groups (broad SMARTS) is 1. The number of hydrogen-bond donors (Lipinski definition) is 2. The maximum atomic E-state index is 12.8. The summed E-state index contributed by atoms with van der Waals surface area (Å²) in [5, 5.41) is 10.5. The van der Waals surface area contributed by atoms with Gasteiger partial charge in [0, 0.05) is 35.4 Å². The lowest BCUT2D eigenvalue weighted by molar-refractivity contribution is -0.136. The first kappa shape index (κ1) is 22.2. The summed E-state index contributed by atoms with van der Waals surface area (Å²) in [6, 6.07) is 20.9. The Morgan fingerprint density at radius 1 is 0.971 bits per heavy atom. The van der Waals surface area contributed by atoms with Gasteiger partial charge in [0.25, 0.3) is 5.56 Å². The Labute approximate surface area is 201 Å². The first-order valence-corrected chi connectivity index (χ1v) is 11.5. The molecule has 0 aliphatic carbocycles. The van der Waals surface area contributed by atoms with E-state index < -0.39 is 5.97 Å². The molecule has 0 amide bonds. The van der Waals surface area contributed by atoms with Crippen LogP contribution >= 0.6 is 11.6 Å². The van der Waals surface area contributed by atoms with E-state index in [0.717, 1.165) is 48.5 Å². The van der Waals surface area contributed by atoms with Gasteiger partial charge in [-0.2, -0.15) is 0 Å². The van der Waals surface area contributed by atoms with Crippen molar-refractivity contribution in [3.63, 3.8) is 0 Å². The first-order chi connectivity index (χ1) is 16.5. The van der Waals surface area contributed by atoms with Crippen molar-refractivity contribution in [2.24, 2.45) is 0 Å². The molecule has 0 unspecified atom stereocenters. The molecule has 4 aromatic rings. The summed E-state index contributed by atoms with van der Waals surface area (Å²) >= 11 is 6.60. The number of anilines is 1. The highest BCUT2D eigenvalue weighted by molar-refractivity contribution is 6.34. The van der Waals surface area contributed by atoms with Crippen LogP contribution in [0.1, 0.15) is 5.56 Å². The normalized spacial score (nSPS) is 13.9. The van der Waals surface area contributed by atoms with Crippen LogP contribution in [-0.2, 0) is 16.0 Å². The number of aromatic amines is 1. The Morgan fingerprint density at radius 3 is 2.44 bits per heavy atom. The molecule has 1 aromatic heterocycles. The topological polar surface area (TPSA) is 82.6 Å². The molecule has 5 rings (SSSR count). The van der Waals surface area contributed by atoms with E-state index in [0.29, 0.717) is 27.2 Å². The fraction of sp³-hybridized carbons (Fsp3) is 0.185. The number of aromatic nitrogens is 1. The molecule has 0 bridgehead atoms. The monoisotopic (exact) mass is 474 g/mol. The standard InChI is InChI=1S/C27H23ClN2O4/c28-24-16-25-20(14-22(24)18-4-6-21(7-5-18)30-8-10-34-11-9-30)15-23(27(33)29-25)19-3-1-2-17(12-19)13-26(31)32/h1-7,12,14-16H,8-11,13H2,(H,29,33)(H,31,32). The molecular formula is C27H23ClN2O4. The fourth-order valence-electron chi connectivity index (χ4n) is 4.36. The zero-order valence-electron chi connectivity index (χ0n) is 18.4. The first-order valence-electron chi connectivity index (χ1n) is 11.1. The molecule has 0 atom stereocenters. The molecule has 0 saturated carbocycles. The van der Waals surface area contributed by atoms with Crippen LogP contribution in [0.25, 0.3) is 33.2 Å². The highest BCUT2D eigenvalue weighted by Gasteiger charge is 2.14. The van der Waals surface area contributed by atoms with Gasteiger partial charge in [0.05, 0.1) is 24.7 Å². The number of benzene rings is 3. The minimum Gasteiger partial charge on any atom is -0.481 e. The number of nitrogens with one attached hydrogen (secondary N) is 1. The molecule has 1 aliphatic heterocycles. The number of carboxylic acids is 1. The van der Waals surface area contributed by atoms with E-state index in [1.54, 1.807) is 24.3 Å². The minimum absolute atomic E-state index is 0.0977. The van der Waals surface area contributed by atoms with E-state index >= 15 is 0 Å². The number of morpholine rings is 1. The number of ether oxygens (including phenoxy) is 1. The van der Waals surface area contributed by atoms with Crippen LogP contribution in [0.5, 0.6) is 0 Å². The van der Waals surface area contributed by atoms with Gasteiger partial charge in [-0.15, -0.1) is 0 Å². The second kappa shape index (κ2) is 9.33. The minimum atomic E-state index is -0.913. The van der Waals surface area contributed by atoms with E-state index in [-0.39, 0.29) is 12.0 Å². The van der Waals surface area contributed by atoms with Crippen LogP contribution in [0.2, 0.25) is 5.02 Å². The zero-order chi connectivity index (χ0) is 23.7. The van der Waals surface area contributed by atoms with E-state index in [9.17, 15) is 9.59 Å². The molecule has 0 spiro atoms. The van der Waals surface area contributed by atoms with Gasteiger partial charge in [-0.1, -0.05) is 48.0 Å². The quantitative estimate of drug-likeness (QED) is 0.426. The van der Waals surface area contributed by atoms with E-state index in [4.69, 9.17) is 21.4 Å². The van der Waals surface area contributed by atoms with Crippen LogP contribution in [0.15, 0.2) is 71.5 Å². The number of nitrogens with zero attached hydrogens (tertiary/aromatic N) is 1. The van der Waals surface area contributed by atoms with Crippen molar-refractivity contribution in [3.8, 4) is 22.3 Å². The van der Waals surface area contributed by atoms with Crippen LogP contribution in [0.4, 0.5) is 5.69 Å². The van der Waals surface area contributed by atoms with Gasteiger partial charge in [0.15, 0.2) is 0 Å². The maximum Gasteiger partial charge on any atom is 0.307 e. The Kier molecular flexibility index (Phi) is 6.09. The highest BCUT2D eigenvalue weighted by atomic mass is 35.5. The van der Waals surface area contributed by atoms with Crippen LogP contribution in [-0.4, -0.2) is 42.4 Å². The number of halogens is 1. The number of H-pyrrole nitrogens is 1. The molecule has 3 aromatic carbocycles. The summed E-state index contributed by atoms with van der Waals surface area (Å²) in [7, 11) is 0. The Hall–Kier alpha value is -3.61. The van der Waals surface area contributed by atoms with E-state index in [2.05, 4.69) is 34.1 Å². The summed E-state index contributed by atoms with van der Waals surface area (Å²) in [5.41, 5.74) is 5.20.